The Morgan fingerprint density at radius 1 is 0.528 bits per heavy atom. The van der Waals surface area contributed by atoms with Gasteiger partial charge in [0, 0.05) is 118 Å². The van der Waals surface area contributed by atoms with Crippen LogP contribution in [-0.2, 0) is 6.98 Å². The number of anilines is 1. The number of alkyl halides is 1. The van der Waals surface area contributed by atoms with Gasteiger partial charge in [0.2, 0.25) is 11.8 Å². The summed E-state index contributed by atoms with van der Waals surface area (Å²) in [6.07, 6.45) is 19.3. The lowest BCUT2D eigenvalue weighted by atomic mass is 9.78. The largest absolute Gasteiger partial charge is 0.506 e. The zero-order valence-corrected chi connectivity index (χ0v) is 51.3. The zero-order valence-electron chi connectivity index (χ0n) is 54.3. The number of aromatic nitrogens is 17. The number of piperidine rings is 3. The lowest BCUT2D eigenvalue weighted by Crippen LogP contribution is -2.67. The minimum atomic E-state index is -2.39. The van der Waals surface area contributed by atoms with E-state index < -0.39 is 24.7 Å². The van der Waals surface area contributed by atoms with Crippen LogP contribution in [0.3, 0.4) is 0 Å². The first-order chi connectivity index (χ1) is 43.4. The Hall–Kier alpha value is -9.21. The smallest absolute Gasteiger partial charge is 0.233 e. The molecular formula is C62H76FN21O5. The molecule has 3 atom stereocenters. The lowest BCUT2D eigenvalue weighted by Gasteiger charge is -2.48. The molecule has 3 saturated heterocycles. The van der Waals surface area contributed by atoms with E-state index >= 15 is 4.39 Å². The topological polar surface area (TPSA) is 323 Å². The molecule has 1 unspecified atom stereocenters. The monoisotopic (exact) mass is 1220 g/mol. The van der Waals surface area contributed by atoms with Crippen molar-refractivity contribution in [2.75, 3.05) is 5.32 Å². The maximum Gasteiger partial charge on any atom is 0.233 e. The van der Waals surface area contributed by atoms with Gasteiger partial charge >= 0.3 is 0 Å². The van der Waals surface area contributed by atoms with Crippen molar-refractivity contribution in [1.82, 2.24) is 101 Å². The third-order valence-corrected chi connectivity index (χ3v) is 15.8. The van der Waals surface area contributed by atoms with Crippen molar-refractivity contribution in [3.8, 4) is 85.7 Å². The molecule has 4 fully saturated rings. The molecule has 27 heteroatoms. The van der Waals surface area contributed by atoms with Crippen LogP contribution in [0.1, 0.15) is 118 Å². The lowest BCUT2D eigenvalue weighted by molar-refractivity contribution is 0.0523. The van der Waals surface area contributed by atoms with Crippen molar-refractivity contribution in [2.45, 2.75) is 172 Å². The first kappa shape index (κ1) is 57.5. The number of nitrogens with one attached hydrogen (secondary N) is 4. The summed E-state index contributed by atoms with van der Waals surface area (Å²) in [5, 5.41) is 90.1. The summed E-state index contributed by atoms with van der Waals surface area (Å²) < 4.78 is 50.4. The number of pyridine rings is 3. The Kier molecular flexibility index (Phi) is 15.5. The fourth-order valence-corrected chi connectivity index (χ4v) is 12.6. The van der Waals surface area contributed by atoms with E-state index in [0.29, 0.717) is 75.0 Å². The van der Waals surface area contributed by atoms with E-state index in [1.54, 1.807) is 79.6 Å². The van der Waals surface area contributed by atoms with Crippen LogP contribution in [0.2, 0.25) is 0 Å². The van der Waals surface area contributed by atoms with Crippen LogP contribution < -0.4 is 30.7 Å². The van der Waals surface area contributed by atoms with Crippen LogP contribution in [0.4, 0.5) is 10.2 Å². The molecule has 0 aromatic carbocycles. The quantitative estimate of drug-likeness (QED) is 0.0607. The van der Waals surface area contributed by atoms with Gasteiger partial charge in [-0.3, -0.25) is 4.68 Å². The second-order valence-corrected chi connectivity index (χ2v) is 26.4. The Bertz CT molecular complexity index is 3820. The number of ether oxygens (including phenoxy) is 2. The molecule has 0 bridgehead atoms. The van der Waals surface area contributed by atoms with Gasteiger partial charge in [-0.25, -0.2) is 19.3 Å². The highest BCUT2D eigenvalue weighted by Crippen LogP contribution is 2.47. The standard InChI is InChI=1S/C22H28FN7O.C20H23N7O2.C20H25N7O2/c1-21(2)9-16(20(23)22(3,4)29-21)26-18-7-6-15(27-28-18)19-17(31)8-13(10-24-19)14-11-25-30(5)12-14;1-19(2)10-14(11-20(26-19)5-6-20)29-17-4-3-15(24-25-17)18-16(28)9-13(12-21-18)27-22-7-8-23-27;1-19(2)10-14(11-20(3,4)26-19)29-17-6-5-15(24-25-17)18-16(28)9-13(12-21-18)27-22-7-8-23-27/h6-8,10-12,16,20,29,31H,9H2,1-5H3,(H,26,28);3-4,7-9,12,14,26,28H,5-6,10-11H2,1-2H3;5-9,12,14,26,28H,10-11H2,1-4H3/t16-,20-;;/m1../s1/i5D3;;. The highest BCUT2D eigenvalue weighted by molar-refractivity contribution is 5.70. The van der Waals surface area contributed by atoms with Crippen molar-refractivity contribution >= 4 is 5.82 Å². The van der Waals surface area contributed by atoms with Gasteiger partial charge in [0.25, 0.3) is 0 Å². The predicted molar refractivity (Wildman–Crippen MR) is 329 cm³/mol. The number of aromatic hydroxyl groups is 3. The molecule has 466 valence electrons. The molecule has 0 amide bonds. The Morgan fingerprint density at radius 3 is 1.45 bits per heavy atom. The van der Waals surface area contributed by atoms with Gasteiger partial charge in [0.15, 0.2) is 0 Å². The molecule has 9 aromatic heterocycles. The average molecular weight is 1220 g/mol. The summed E-state index contributed by atoms with van der Waals surface area (Å²) in [6.45, 7) is 18.5. The molecule has 1 spiro atoms. The Balaban J connectivity index is 0.000000142. The second kappa shape index (κ2) is 24.1. The minimum absolute atomic E-state index is 0.0132. The van der Waals surface area contributed by atoms with E-state index in [2.05, 4.69) is 134 Å². The molecule has 13 rings (SSSR count). The molecule has 7 N–H and O–H groups in total. The predicted octanol–water partition coefficient (Wildman–Crippen LogP) is 8.09. The van der Waals surface area contributed by atoms with Crippen LogP contribution in [0, 0.1) is 0 Å². The average Bonchev–Trinajstić information content (AvgIpc) is 1.54. The van der Waals surface area contributed by atoms with Crippen LogP contribution in [0.15, 0.2) is 110 Å². The van der Waals surface area contributed by atoms with E-state index in [4.69, 9.17) is 13.6 Å². The highest BCUT2D eigenvalue weighted by atomic mass is 19.1. The fourth-order valence-electron chi connectivity index (χ4n) is 12.6. The molecule has 1 aliphatic carbocycles. The van der Waals surface area contributed by atoms with Crippen LogP contribution in [-0.4, -0.2) is 158 Å². The molecule has 1 saturated carbocycles. The van der Waals surface area contributed by atoms with E-state index in [9.17, 15) is 15.3 Å². The Morgan fingerprint density at radius 2 is 1.00 bits per heavy atom. The summed E-state index contributed by atoms with van der Waals surface area (Å²) in [5.41, 5.74) is 3.64. The summed E-state index contributed by atoms with van der Waals surface area (Å²) in [5.74, 6) is 1.20. The minimum Gasteiger partial charge on any atom is -0.506 e. The van der Waals surface area contributed by atoms with E-state index in [0.717, 1.165) is 30.4 Å². The van der Waals surface area contributed by atoms with Gasteiger partial charge in [-0.2, -0.15) is 25.5 Å². The number of hydrogen-bond acceptors (Lipinski definition) is 23. The number of aryl methyl sites for hydroxylation is 1. The SMILES string of the molecule is CC1(C)CC(Oc2ccc(-c3ncc(-n4nccn4)cc3O)nn2)CC(C)(C)N1.CC1(C)CC(Oc2ccc(-c3ncc(-n4nccn4)cc3O)nn2)CC2(CC2)N1.[2H]C([2H])([2H])n1cc(-c2cnc(-c3ccc(N[C@@H]4CC(C)(C)NC(C)(C)[C@@H]4F)nn3)c(O)c2)cn1. The summed E-state index contributed by atoms with van der Waals surface area (Å²) in [7, 11) is 0. The number of halogens is 1. The second-order valence-electron chi connectivity index (χ2n) is 26.4. The zero-order chi connectivity index (χ0) is 65.6. The fraction of sp³-hybridized carbons (Fsp3) is 0.452. The van der Waals surface area contributed by atoms with Gasteiger partial charge in [-0.15, -0.1) is 40.2 Å². The molecule has 89 heavy (non-hydrogen) atoms. The normalized spacial score (nSPS) is 21.5. The summed E-state index contributed by atoms with van der Waals surface area (Å²) in [4.78, 5) is 15.6. The van der Waals surface area contributed by atoms with Crippen molar-refractivity contribution < 1.29 is 33.3 Å². The molecule has 4 aliphatic rings. The van der Waals surface area contributed by atoms with Crippen molar-refractivity contribution in [2.24, 2.45) is 6.98 Å². The van der Waals surface area contributed by atoms with Crippen LogP contribution in [0.5, 0.6) is 29.0 Å². The molecule has 3 aliphatic heterocycles. The molecule has 12 heterocycles. The summed E-state index contributed by atoms with van der Waals surface area (Å²) in [6, 6.07) is 14.5. The molecule has 26 nitrogen and oxygen atoms in total. The maximum atomic E-state index is 15.0. The van der Waals surface area contributed by atoms with Gasteiger partial charge in [-0.05, 0) is 119 Å². The molecule has 0 radical (unpaired) electrons. The van der Waals surface area contributed by atoms with Crippen molar-refractivity contribution in [1.29, 1.82) is 0 Å². The molecule has 9 aromatic rings. The molecular weight excluding hydrogens is 1140 g/mol. The van der Waals surface area contributed by atoms with Crippen molar-refractivity contribution in [3.05, 3.63) is 110 Å². The maximum absolute atomic E-state index is 15.0. The van der Waals surface area contributed by atoms with E-state index in [1.807, 2.05) is 27.7 Å². The van der Waals surface area contributed by atoms with Gasteiger partial charge < -0.3 is 46.1 Å². The third kappa shape index (κ3) is 14.9. The first-order valence-corrected chi connectivity index (χ1v) is 29.4. The summed E-state index contributed by atoms with van der Waals surface area (Å²) >= 11 is 0. The third-order valence-electron chi connectivity index (χ3n) is 15.8. The highest BCUT2D eigenvalue weighted by Gasteiger charge is 2.52. The van der Waals surface area contributed by atoms with Crippen molar-refractivity contribution in [3.63, 3.8) is 0 Å². The number of rotatable bonds is 12. The first-order valence-electron chi connectivity index (χ1n) is 30.9. The van der Waals surface area contributed by atoms with E-state index in [-0.39, 0.29) is 62.8 Å². The number of nitrogens with zero attached hydrogens (tertiary/aromatic N) is 17. The van der Waals surface area contributed by atoms with Crippen LogP contribution in [0.25, 0.3) is 56.7 Å². The van der Waals surface area contributed by atoms with Crippen LogP contribution >= 0.6 is 0 Å². The van der Waals surface area contributed by atoms with Gasteiger partial charge in [0.05, 0.1) is 49.4 Å². The Labute approximate surface area is 518 Å². The van der Waals surface area contributed by atoms with Gasteiger partial charge in [0.1, 0.15) is 87.0 Å². The van der Waals surface area contributed by atoms with Gasteiger partial charge in [-0.1, -0.05) is 0 Å². The number of hydrogen-bond donors (Lipinski definition) is 7. The van der Waals surface area contributed by atoms with E-state index in [1.165, 1.54) is 53.2 Å².